The van der Waals surface area contributed by atoms with Crippen molar-refractivity contribution in [3.8, 4) is 0 Å². The number of benzene rings is 1. The highest BCUT2D eigenvalue weighted by Gasteiger charge is 2.23. The molecule has 1 aromatic rings. The highest BCUT2D eigenvalue weighted by atomic mass is 16.5. The van der Waals surface area contributed by atoms with Crippen LogP contribution in [0.2, 0.25) is 0 Å². The van der Waals surface area contributed by atoms with Gasteiger partial charge in [-0.2, -0.15) is 0 Å². The van der Waals surface area contributed by atoms with Crippen molar-refractivity contribution in [2.24, 2.45) is 11.8 Å². The van der Waals surface area contributed by atoms with Gasteiger partial charge in [0.15, 0.2) is 6.10 Å². The standard InChI is InChI=1S/C14H20N2O2/c15-16-14(17)13(12-8-2-1-3-9-12)18-10-11-6-4-5-7-11/h1-3,8-9,11,13H,4-7,10,15H2,(H,16,17). The van der Waals surface area contributed by atoms with Crippen LogP contribution in [0, 0.1) is 5.92 Å². The van der Waals surface area contributed by atoms with Crippen molar-refractivity contribution in [2.45, 2.75) is 31.8 Å². The average molecular weight is 248 g/mol. The molecule has 98 valence electrons. The summed E-state index contributed by atoms with van der Waals surface area (Å²) in [7, 11) is 0. The maximum atomic E-state index is 11.8. The molecule has 1 atom stereocenters. The molecule has 3 N–H and O–H groups in total. The van der Waals surface area contributed by atoms with E-state index in [9.17, 15) is 4.79 Å². The third-order valence-corrected chi connectivity index (χ3v) is 3.46. The minimum absolute atomic E-state index is 0.292. The molecule has 0 radical (unpaired) electrons. The monoisotopic (exact) mass is 248 g/mol. The average Bonchev–Trinajstić information content (AvgIpc) is 2.93. The van der Waals surface area contributed by atoms with Crippen LogP contribution in [-0.2, 0) is 9.53 Å². The van der Waals surface area contributed by atoms with Gasteiger partial charge in [-0.15, -0.1) is 0 Å². The molecule has 1 saturated carbocycles. The minimum atomic E-state index is -0.600. The van der Waals surface area contributed by atoms with Crippen molar-refractivity contribution >= 4 is 5.91 Å². The second-order valence-electron chi connectivity index (χ2n) is 4.78. The summed E-state index contributed by atoms with van der Waals surface area (Å²) in [6, 6.07) is 9.47. The number of hydrazine groups is 1. The quantitative estimate of drug-likeness (QED) is 0.475. The molecule has 1 aliphatic carbocycles. The first kappa shape index (κ1) is 13.1. The largest absolute Gasteiger partial charge is 0.363 e. The topological polar surface area (TPSA) is 64.3 Å². The lowest BCUT2D eigenvalue weighted by atomic mass is 10.1. The predicted molar refractivity (Wildman–Crippen MR) is 69.4 cm³/mol. The van der Waals surface area contributed by atoms with E-state index in [4.69, 9.17) is 10.6 Å². The Balaban J connectivity index is 1.99. The van der Waals surface area contributed by atoms with Gasteiger partial charge in [-0.3, -0.25) is 10.2 Å². The summed E-state index contributed by atoms with van der Waals surface area (Å²) in [6.07, 6.45) is 4.34. The maximum Gasteiger partial charge on any atom is 0.267 e. The second kappa shape index (κ2) is 6.52. The van der Waals surface area contributed by atoms with Gasteiger partial charge in [0.1, 0.15) is 0 Å². The Kier molecular flexibility index (Phi) is 4.73. The number of nitrogens with two attached hydrogens (primary N) is 1. The molecule has 0 bridgehead atoms. The molecule has 0 heterocycles. The van der Waals surface area contributed by atoms with E-state index in [2.05, 4.69) is 5.43 Å². The summed E-state index contributed by atoms with van der Waals surface area (Å²) in [5, 5.41) is 0. The molecular formula is C14H20N2O2. The van der Waals surface area contributed by atoms with Crippen LogP contribution in [0.5, 0.6) is 0 Å². The third kappa shape index (κ3) is 3.31. The van der Waals surface area contributed by atoms with Gasteiger partial charge in [-0.05, 0) is 24.3 Å². The zero-order chi connectivity index (χ0) is 12.8. The van der Waals surface area contributed by atoms with Crippen LogP contribution in [0.3, 0.4) is 0 Å². The molecule has 4 nitrogen and oxygen atoms in total. The summed E-state index contributed by atoms with van der Waals surface area (Å²) in [6.45, 7) is 0.632. The number of carbonyl (C=O) groups is 1. The molecule has 1 aromatic carbocycles. The van der Waals surface area contributed by atoms with E-state index in [1.54, 1.807) is 0 Å². The van der Waals surface area contributed by atoms with E-state index < -0.39 is 6.10 Å². The molecule has 0 spiro atoms. The zero-order valence-electron chi connectivity index (χ0n) is 10.5. The summed E-state index contributed by atoms with van der Waals surface area (Å²) in [4.78, 5) is 11.8. The van der Waals surface area contributed by atoms with Gasteiger partial charge in [0.25, 0.3) is 5.91 Å². The Hall–Kier alpha value is -1.39. The highest BCUT2D eigenvalue weighted by molar-refractivity contribution is 5.81. The normalized spacial score (nSPS) is 17.6. The molecule has 18 heavy (non-hydrogen) atoms. The van der Waals surface area contributed by atoms with Crippen LogP contribution in [0.15, 0.2) is 30.3 Å². The predicted octanol–water partition coefficient (Wildman–Crippen LogP) is 1.92. The van der Waals surface area contributed by atoms with Crippen LogP contribution in [0.25, 0.3) is 0 Å². The zero-order valence-corrected chi connectivity index (χ0v) is 10.5. The minimum Gasteiger partial charge on any atom is -0.363 e. The molecule has 1 fully saturated rings. The first-order valence-electron chi connectivity index (χ1n) is 6.48. The van der Waals surface area contributed by atoms with E-state index in [1.165, 1.54) is 25.7 Å². The fourth-order valence-corrected chi connectivity index (χ4v) is 2.44. The van der Waals surface area contributed by atoms with Gasteiger partial charge in [0.2, 0.25) is 0 Å². The SMILES string of the molecule is NNC(=O)C(OCC1CCCC1)c1ccccc1. The van der Waals surface area contributed by atoms with Crippen LogP contribution < -0.4 is 11.3 Å². The first-order chi connectivity index (χ1) is 8.81. The smallest absolute Gasteiger partial charge is 0.267 e. The van der Waals surface area contributed by atoms with Crippen LogP contribution in [0.1, 0.15) is 37.4 Å². The second-order valence-corrected chi connectivity index (χ2v) is 4.78. The molecule has 0 aliphatic heterocycles. The van der Waals surface area contributed by atoms with Gasteiger partial charge >= 0.3 is 0 Å². The van der Waals surface area contributed by atoms with Gasteiger partial charge in [-0.1, -0.05) is 43.2 Å². The van der Waals surface area contributed by atoms with Crippen molar-refractivity contribution in [1.29, 1.82) is 0 Å². The lowest BCUT2D eigenvalue weighted by Crippen LogP contribution is -2.36. The van der Waals surface area contributed by atoms with E-state index in [-0.39, 0.29) is 5.91 Å². The molecule has 1 amide bonds. The number of hydrogen-bond acceptors (Lipinski definition) is 3. The van der Waals surface area contributed by atoms with Crippen molar-refractivity contribution in [3.63, 3.8) is 0 Å². The lowest BCUT2D eigenvalue weighted by Gasteiger charge is -2.19. The van der Waals surface area contributed by atoms with Gasteiger partial charge in [0.05, 0.1) is 6.61 Å². The summed E-state index contributed by atoms with van der Waals surface area (Å²) < 4.78 is 5.77. The van der Waals surface area contributed by atoms with Crippen molar-refractivity contribution in [2.75, 3.05) is 6.61 Å². The highest BCUT2D eigenvalue weighted by Crippen LogP contribution is 2.27. The van der Waals surface area contributed by atoms with Crippen molar-refractivity contribution < 1.29 is 9.53 Å². The first-order valence-corrected chi connectivity index (χ1v) is 6.48. The van der Waals surface area contributed by atoms with Gasteiger partial charge in [-0.25, -0.2) is 5.84 Å². The van der Waals surface area contributed by atoms with E-state index in [0.29, 0.717) is 12.5 Å². The summed E-state index contributed by atoms with van der Waals surface area (Å²) in [5.41, 5.74) is 3.02. The van der Waals surface area contributed by atoms with Gasteiger partial charge in [0, 0.05) is 0 Å². The Bertz CT molecular complexity index is 375. The Morgan fingerprint density at radius 3 is 2.61 bits per heavy atom. The number of ether oxygens (including phenoxy) is 1. The van der Waals surface area contributed by atoms with Crippen molar-refractivity contribution in [1.82, 2.24) is 5.43 Å². The Morgan fingerprint density at radius 2 is 2.00 bits per heavy atom. The number of carbonyl (C=O) groups excluding carboxylic acids is 1. The number of hydrogen-bond donors (Lipinski definition) is 2. The van der Waals surface area contributed by atoms with Gasteiger partial charge < -0.3 is 4.74 Å². The molecule has 0 aromatic heterocycles. The molecule has 4 heteroatoms. The number of amides is 1. The Morgan fingerprint density at radius 1 is 1.33 bits per heavy atom. The summed E-state index contributed by atoms with van der Waals surface area (Å²) in [5.74, 6) is 5.51. The maximum absolute atomic E-state index is 11.8. The van der Waals surface area contributed by atoms with E-state index in [1.807, 2.05) is 30.3 Å². The molecule has 1 aliphatic rings. The number of rotatable bonds is 5. The van der Waals surface area contributed by atoms with Crippen LogP contribution in [-0.4, -0.2) is 12.5 Å². The van der Waals surface area contributed by atoms with Crippen LogP contribution in [0.4, 0.5) is 0 Å². The van der Waals surface area contributed by atoms with Crippen molar-refractivity contribution in [3.05, 3.63) is 35.9 Å². The van der Waals surface area contributed by atoms with Crippen LogP contribution >= 0.6 is 0 Å². The van der Waals surface area contributed by atoms with E-state index >= 15 is 0 Å². The molecule has 0 saturated heterocycles. The fourth-order valence-electron chi connectivity index (χ4n) is 2.44. The molecule has 2 rings (SSSR count). The number of nitrogens with one attached hydrogen (secondary N) is 1. The fraction of sp³-hybridized carbons (Fsp3) is 0.500. The Labute approximate surface area is 107 Å². The summed E-state index contributed by atoms with van der Waals surface area (Å²) >= 11 is 0. The van der Waals surface area contributed by atoms with E-state index in [0.717, 1.165) is 5.56 Å². The third-order valence-electron chi connectivity index (χ3n) is 3.46. The molecular weight excluding hydrogens is 228 g/mol. The molecule has 1 unspecified atom stereocenters. The lowest BCUT2D eigenvalue weighted by molar-refractivity contribution is -0.134.